The number of hydrogen-bond donors (Lipinski definition) is 2. The third kappa shape index (κ3) is 4.87. The molecule has 11 nitrogen and oxygen atoms in total. The molecule has 1 fully saturated rings. The van der Waals surface area contributed by atoms with Gasteiger partial charge in [-0.15, -0.1) is 0 Å². The quantitative estimate of drug-likeness (QED) is 0.249. The van der Waals surface area contributed by atoms with Crippen LogP contribution in [0, 0.1) is 0 Å². The monoisotopic (exact) mass is 568 g/mol. The Bertz CT molecular complexity index is 1610. The van der Waals surface area contributed by atoms with Gasteiger partial charge in [0, 0.05) is 6.42 Å². The number of aromatic nitrogens is 4. The van der Waals surface area contributed by atoms with Gasteiger partial charge in [0.05, 0.1) is 33.3 Å². The molecule has 0 amide bonds. The van der Waals surface area contributed by atoms with E-state index in [0.717, 1.165) is 16.7 Å². The van der Waals surface area contributed by atoms with Gasteiger partial charge in [0.1, 0.15) is 29.4 Å². The predicted molar refractivity (Wildman–Crippen MR) is 153 cm³/mol. The lowest BCUT2D eigenvalue weighted by atomic mass is 9.80. The van der Waals surface area contributed by atoms with Crippen LogP contribution in [0.5, 0.6) is 17.4 Å². The van der Waals surface area contributed by atoms with E-state index in [-0.39, 0.29) is 30.1 Å². The summed E-state index contributed by atoms with van der Waals surface area (Å²) in [5.74, 6) is 0.706. The second-order valence-electron chi connectivity index (χ2n) is 9.96. The lowest BCUT2D eigenvalue weighted by Crippen LogP contribution is -2.38. The van der Waals surface area contributed by atoms with E-state index in [9.17, 15) is 10.2 Å². The number of anilines is 1. The summed E-state index contributed by atoms with van der Waals surface area (Å²) in [5, 5.41) is 23.3. The minimum atomic E-state index is -1.07. The van der Waals surface area contributed by atoms with Crippen molar-refractivity contribution in [1.29, 1.82) is 0 Å². The molecule has 0 bridgehead atoms. The molecule has 3 heterocycles. The van der Waals surface area contributed by atoms with Gasteiger partial charge in [0.25, 0.3) is 0 Å². The Labute approximate surface area is 242 Å². The molecule has 6 rings (SSSR count). The number of nitrogen functional groups attached to an aromatic ring is 1. The fraction of sp³-hybridized carbons (Fsp3) is 0.258. The van der Waals surface area contributed by atoms with Gasteiger partial charge in [0.2, 0.25) is 5.95 Å². The minimum Gasteiger partial charge on any atom is -0.497 e. The smallest absolute Gasteiger partial charge is 0.302 e. The summed E-state index contributed by atoms with van der Waals surface area (Å²) in [6, 6.07) is 25.3. The molecule has 215 valence electrons. The lowest BCUT2D eigenvalue weighted by Gasteiger charge is -2.37. The molecule has 0 spiro atoms. The summed E-state index contributed by atoms with van der Waals surface area (Å²) in [4.78, 5) is 12.0. The Kier molecular flexibility index (Phi) is 7.38. The van der Waals surface area contributed by atoms with Crippen LogP contribution in [0.15, 0.2) is 85.2 Å². The molecule has 5 aromatic rings. The number of imidazole rings is 1. The number of aliphatic hydroxyl groups excluding tert-OH is 1. The third-order valence-electron chi connectivity index (χ3n) is 7.56. The maximum atomic E-state index is 12.2. The average molecular weight is 569 g/mol. The summed E-state index contributed by atoms with van der Waals surface area (Å²) in [6.45, 7) is 0.0428. The van der Waals surface area contributed by atoms with E-state index in [0.29, 0.717) is 11.5 Å². The van der Waals surface area contributed by atoms with Gasteiger partial charge >= 0.3 is 5.88 Å². The number of benzene rings is 3. The number of nitrogens with zero attached hydrogens (tertiary/aromatic N) is 4. The fourth-order valence-corrected chi connectivity index (χ4v) is 5.43. The molecule has 1 aliphatic rings. The van der Waals surface area contributed by atoms with E-state index in [4.69, 9.17) is 24.7 Å². The molecule has 0 aliphatic carbocycles. The lowest BCUT2D eigenvalue weighted by molar-refractivity contribution is -0.0931. The Morgan fingerprint density at radius 3 is 2.12 bits per heavy atom. The van der Waals surface area contributed by atoms with Gasteiger partial charge in [-0.05, 0) is 41.0 Å². The van der Waals surface area contributed by atoms with Crippen molar-refractivity contribution in [2.45, 2.75) is 30.5 Å². The Morgan fingerprint density at radius 1 is 0.929 bits per heavy atom. The molecular weight excluding hydrogens is 538 g/mol. The van der Waals surface area contributed by atoms with Crippen LogP contribution < -0.4 is 15.2 Å². The van der Waals surface area contributed by atoms with Crippen molar-refractivity contribution in [3.05, 3.63) is 102 Å². The standard InChI is InChI=1S/C31H30N5O6/c1-39-22-12-8-20(9-13-22)31(19-6-4-3-5-7-19,21-10-14-23(40-2)15-11-21)41-17-25-24(37)16-26(42-25)36-18-33-27-28(36)34-30(32)35-29(27)38/h3-15,18,24-26,37H,16-17H2,1-2H3,(H2,32,34,35). The molecule has 3 aromatic carbocycles. The van der Waals surface area contributed by atoms with Crippen molar-refractivity contribution < 1.29 is 29.2 Å². The highest BCUT2D eigenvalue weighted by Gasteiger charge is 2.42. The number of ether oxygens (including phenoxy) is 4. The number of fused-ring (bicyclic) bond motifs is 1. The molecule has 3 N–H and O–H groups in total. The first-order valence-electron chi connectivity index (χ1n) is 13.4. The van der Waals surface area contributed by atoms with Crippen molar-refractivity contribution in [3.63, 3.8) is 0 Å². The topological polar surface area (TPSA) is 147 Å². The molecular formula is C31H30N5O6. The first-order chi connectivity index (χ1) is 20.4. The van der Waals surface area contributed by atoms with Gasteiger partial charge in [0.15, 0.2) is 11.2 Å². The van der Waals surface area contributed by atoms with Gasteiger partial charge < -0.3 is 29.8 Å². The van der Waals surface area contributed by atoms with Crippen LogP contribution in [0.2, 0.25) is 0 Å². The molecule has 2 aromatic heterocycles. The SMILES string of the molecule is COc1ccc(C(OCC2OC(n3cnc4c([O])nc(N)nc43)CC2O)(c2ccccc2)c2ccc(OC)cc2)cc1. The first-order valence-corrected chi connectivity index (χ1v) is 13.4. The zero-order valence-electron chi connectivity index (χ0n) is 23.1. The van der Waals surface area contributed by atoms with E-state index in [1.54, 1.807) is 18.8 Å². The molecule has 1 radical (unpaired) electrons. The van der Waals surface area contributed by atoms with E-state index in [1.165, 1.54) is 6.33 Å². The van der Waals surface area contributed by atoms with Crippen LogP contribution >= 0.6 is 0 Å². The second-order valence-corrected chi connectivity index (χ2v) is 9.96. The maximum absolute atomic E-state index is 12.2. The zero-order chi connectivity index (χ0) is 29.3. The number of hydrogen-bond acceptors (Lipinski definition) is 9. The van der Waals surface area contributed by atoms with Crippen LogP contribution in [-0.4, -0.2) is 57.7 Å². The molecule has 42 heavy (non-hydrogen) atoms. The second kappa shape index (κ2) is 11.3. The highest BCUT2D eigenvalue weighted by atomic mass is 16.6. The first kappa shape index (κ1) is 27.5. The summed E-state index contributed by atoms with van der Waals surface area (Å²) in [6.07, 6.45) is -0.512. The Balaban J connectivity index is 1.37. The number of nitrogens with two attached hydrogens (primary N) is 1. The largest absolute Gasteiger partial charge is 0.497 e. The third-order valence-corrected chi connectivity index (χ3v) is 7.56. The molecule has 1 aliphatic heterocycles. The minimum absolute atomic E-state index is 0.0428. The van der Waals surface area contributed by atoms with E-state index in [1.807, 2.05) is 78.9 Å². The Hall–Kier alpha value is -4.71. The van der Waals surface area contributed by atoms with Crippen molar-refractivity contribution in [3.8, 4) is 17.4 Å². The summed E-state index contributed by atoms with van der Waals surface area (Å²) in [7, 11) is 3.24. The molecule has 3 atom stereocenters. The molecule has 3 unspecified atom stereocenters. The fourth-order valence-electron chi connectivity index (χ4n) is 5.43. The molecule has 0 saturated carbocycles. The van der Waals surface area contributed by atoms with E-state index >= 15 is 0 Å². The van der Waals surface area contributed by atoms with E-state index < -0.39 is 29.9 Å². The number of aliphatic hydroxyl groups is 1. The van der Waals surface area contributed by atoms with Crippen LogP contribution in [0.25, 0.3) is 11.2 Å². The average Bonchev–Trinajstić information content (AvgIpc) is 3.61. The van der Waals surface area contributed by atoms with Crippen LogP contribution in [0.4, 0.5) is 5.95 Å². The van der Waals surface area contributed by atoms with Crippen LogP contribution in [0.3, 0.4) is 0 Å². The van der Waals surface area contributed by atoms with Gasteiger partial charge in [-0.1, -0.05) is 54.6 Å². The van der Waals surface area contributed by atoms with Gasteiger partial charge in [-0.25, -0.2) is 4.98 Å². The molecule has 1 saturated heterocycles. The number of methoxy groups -OCH3 is 2. The summed E-state index contributed by atoms with van der Waals surface area (Å²) < 4.78 is 25.6. The van der Waals surface area contributed by atoms with Gasteiger partial charge in [-0.2, -0.15) is 9.97 Å². The Morgan fingerprint density at radius 2 is 1.52 bits per heavy atom. The normalized spacial score (nSPS) is 18.8. The summed E-state index contributed by atoms with van der Waals surface area (Å²) >= 11 is 0. The van der Waals surface area contributed by atoms with Crippen molar-refractivity contribution >= 4 is 17.1 Å². The van der Waals surface area contributed by atoms with Crippen molar-refractivity contribution in [2.24, 2.45) is 0 Å². The highest BCUT2D eigenvalue weighted by molar-refractivity contribution is 5.77. The van der Waals surface area contributed by atoms with Crippen molar-refractivity contribution in [2.75, 3.05) is 26.6 Å². The van der Waals surface area contributed by atoms with Gasteiger partial charge in [-0.3, -0.25) is 9.67 Å². The van der Waals surface area contributed by atoms with Crippen LogP contribution in [0.1, 0.15) is 29.3 Å². The van der Waals surface area contributed by atoms with Crippen LogP contribution in [-0.2, 0) is 20.2 Å². The predicted octanol–water partition coefficient (Wildman–Crippen LogP) is 4.23. The zero-order valence-corrected chi connectivity index (χ0v) is 23.1. The van der Waals surface area contributed by atoms with Crippen molar-refractivity contribution in [1.82, 2.24) is 19.5 Å². The van der Waals surface area contributed by atoms with E-state index in [2.05, 4.69) is 15.0 Å². The summed E-state index contributed by atoms with van der Waals surface area (Å²) in [5.41, 5.74) is 7.60. The highest BCUT2D eigenvalue weighted by Crippen LogP contribution is 2.43. The maximum Gasteiger partial charge on any atom is 0.302 e. The number of rotatable bonds is 9. The molecule has 11 heteroatoms.